The number of nitrogens with zero attached hydrogens (tertiary/aromatic N) is 2. The van der Waals surface area contributed by atoms with Crippen molar-refractivity contribution in [3.63, 3.8) is 0 Å². The Hall–Kier alpha value is -2.44. The number of benzene rings is 1. The SMILES string of the molecule is O=c1on(COCCCl)c(-c2ccncc2)c1-c1ccc(F)cc1. The highest BCUT2D eigenvalue weighted by atomic mass is 35.5. The minimum atomic E-state index is -0.525. The molecular weight excluding hydrogens is 335 g/mol. The predicted octanol–water partition coefficient (Wildman–Crippen LogP) is 3.52. The van der Waals surface area contributed by atoms with Gasteiger partial charge in [0.05, 0.1) is 12.2 Å². The highest BCUT2D eigenvalue weighted by molar-refractivity contribution is 6.17. The van der Waals surface area contributed by atoms with E-state index >= 15 is 0 Å². The van der Waals surface area contributed by atoms with Gasteiger partial charge in [-0.05, 0) is 29.8 Å². The second-order valence-electron chi connectivity index (χ2n) is 4.95. The van der Waals surface area contributed by atoms with E-state index in [1.807, 2.05) is 0 Å². The summed E-state index contributed by atoms with van der Waals surface area (Å²) in [7, 11) is 0. The lowest BCUT2D eigenvalue weighted by Crippen LogP contribution is -2.05. The number of rotatable bonds is 6. The van der Waals surface area contributed by atoms with Gasteiger partial charge in [0, 0.05) is 23.8 Å². The molecule has 0 saturated carbocycles. The van der Waals surface area contributed by atoms with Gasteiger partial charge in [-0.3, -0.25) is 4.98 Å². The van der Waals surface area contributed by atoms with Crippen LogP contribution in [0.4, 0.5) is 4.39 Å². The van der Waals surface area contributed by atoms with E-state index in [9.17, 15) is 9.18 Å². The van der Waals surface area contributed by atoms with Crippen molar-refractivity contribution in [2.24, 2.45) is 0 Å². The second kappa shape index (κ2) is 7.42. The summed E-state index contributed by atoms with van der Waals surface area (Å²) in [6.45, 7) is 0.367. The van der Waals surface area contributed by atoms with Crippen LogP contribution in [-0.2, 0) is 11.5 Å². The van der Waals surface area contributed by atoms with Crippen molar-refractivity contribution in [2.45, 2.75) is 6.73 Å². The third kappa shape index (κ3) is 3.39. The molecule has 3 rings (SSSR count). The minimum Gasteiger partial charge on any atom is -0.357 e. The van der Waals surface area contributed by atoms with Gasteiger partial charge in [-0.15, -0.1) is 11.6 Å². The predicted molar refractivity (Wildman–Crippen MR) is 88.3 cm³/mol. The molecule has 0 bridgehead atoms. The van der Waals surface area contributed by atoms with Crippen LogP contribution < -0.4 is 5.63 Å². The van der Waals surface area contributed by atoms with Gasteiger partial charge in [-0.1, -0.05) is 12.1 Å². The summed E-state index contributed by atoms with van der Waals surface area (Å²) < 4.78 is 25.2. The number of alkyl halides is 1. The minimum absolute atomic E-state index is 0.0425. The first kappa shape index (κ1) is 16.4. The maximum atomic E-state index is 13.2. The molecule has 5 nitrogen and oxygen atoms in total. The molecule has 0 aliphatic carbocycles. The monoisotopic (exact) mass is 348 g/mol. The van der Waals surface area contributed by atoms with Crippen LogP contribution in [0, 0.1) is 5.82 Å². The van der Waals surface area contributed by atoms with Gasteiger partial charge in [-0.2, -0.15) is 4.74 Å². The summed E-state index contributed by atoms with van der Waals surface area (Å²) in [5.41, 5.74) is 1.67. The topological polar surface area (TPSA) is 57.3 Å². The first-order valence-corrected chi connectivity index (χ1v) is 7.78. The number of aromatic nitrogens is 2. The molecule has 0 saturated heterocycles. The van der Waals surface area contributed by atoms with Crippen LogP contribution in [-0.4, -0.2) is 22.2 Å². The number of ether oxygens (including phenoxy) is 1. The largest absolute Gasteiger partial charge is 0.366 e. The van der Waals surface area contributed by atoms with E-state index in [0.29, 0.717) is 29.3 Å². The highest BCUT2D eigenvalue weighted by Gasteiger charge is 2.20. The molecule has 0 radical (unpaired) electrons. The fourth-order valence-corrected chi connectivity index (χ4v) is 2.48. The van der Waals surface area contributed by atoms with Gasteiger partial charge in [0.2, 0.25) is 0 Å². The van der Waals surface area contributed by atoms with Gasteiger partial charge in [0.1, 0.15) is 11.5 Å². The molecule has 0 fully saturated rings. The first-order valence-electron chi connectivity index (χ1n) is 7.25. The fourth-order valence-electron chi connectivity index (χ4n) is 2.37. The lowest BCUT2D eigenvalue weighted by molar-refractivity contribution is 0.0325. The van der Waals surface area contributed by atoms with Gasteiger partial charge in [-0.25, -0.2) is 9.18 Å². The zero-order valence-corrected chi connectivity index (χ0v) is 13.4. The average Bonchev–Trinajstić information content (AvgIpc) is 2.93. The summed E-state index contributed by atoms with van der Waals surface area (Å²) >= 11 is 5.60. The fraction of sp³-hybridized carbons (Fsp3) is 0.176. The number of hydrogen-bond acceptors (Lipinski definition) is 4. The van der Waals surface area contributed by atoms with Crippen LogP contribution >= 0.6 is 11.6 Å². The van der Waals surface area contributed by atoms with E-state index in [1.165, 1.54) is 29.0 Å². The summed E-state index contributed by atoms with van der Waals surface area (Å²) in [4.78, 5) is 16.4. The third-order valence-corrected chi connectivity index (χ3v) is 3.55. The van der Waals surface area contributed by atoms with E-state index in [0.717, 1.165) is 5.56 Å². The third-order valence-electron chi connectivity index (χ3n) is 3.40. The molecule has 1 aromatic carbocycles. The van der Waals surface area contributed by atoms with Crippen molar-refractivity contribution < 1.29 is 13.7 Å². The molecule has 124 valence electrons. The lowest BCUT2D eigenvalue weighted by atomic mass is 10.0. The summed E-state index contributed by atoms with van der Waals surface area (Å²) in [5.74, 6) is -0.0422. The molecule has 2 heterocycles. The van der Waals surface area contributed by atoms with E-state index in [-0.39, 0.29) is 12.5 Å². The lowest BCUT2D eigenvalue weighted by Gasteiger charge is -2.08. The molecule has 0 unspecified atom stereocenters. The maximum absolute atomic E-state index is 13.2. The Morgan fingerprint density at radius 1 is 1.12 bits per heavy atom. The van der Waals surface area contributed by atoms with Crippen LogP contribution in [0.1, 0.15) is 0 Å². The van der Waals surface area contributed by atoms with Crippen LogP contribution in [0.2, 0.25) is 0 Å². The molecule has 7 heteroatoms. The average molecular weight is 349 g/mol. The number of hydrogen-bond donors (Lipinski definition) is 0. The van der Waals surface area contributed by atoms with Crippen molar-refractivity contribution in [1.82, 2.24) is 9.72 Å². The number of halogens is 2. The molecule has 0 aliphatic heterocycles. The summed E-state index contributed by atoms with van der Waals surface area (Å²) in [6, 6.07) is 9.19. The molecule has 0 N–H and O–H groups in total. The van der Waals surface area contributed by atoms with E-state index in [1.54, 1.807) is 24.5 Å². The van der Waals surface area contributed by atoms with Crippen LogP contribution in [0.25, 0.3) is 22.4 Å². The van der Waals surface area contributed by atoms with Gasteiger partial charge >= 0.3 is 5.63 Å². The molecule has 0 amide bonds. The van der Waals surface area contributed by atoms with E-state index in [4.69, 9.17) is 20.9 Å². The zero-order chi connectivity index (χ0) is 16.9. The van der Waals surface area contributed by atoms with Crippen molar-refractivity contribution >= 4 is 11.6 Å². The molecule has 0 aliphatic rings. The van der Waals surface area contributed by atoms with Crippen LogP contribution in [0.3, 0.4) is 0 Å². The van der Waals surface area contributed by atoms with Crippen molar-refractivity contribution in [3.05, 3.63) is 65.0 Å². The highest BCUT2D eigenvalue weighted by Crippen LogP contribution is 2.30. The molecule has 24 heavy (non-hydrogen) atoms. The zero-order valence-electron chi connectivity index (χ0n) is 12.6. The quantitative estimate of drug-likeness (QED) is 0.505. The first-order chi connectivity index (χ1) is 11.7. The smallest absolute Gasteiger partial charge is 0.357 e. The van der Waals surface area contributed by atoms with Crippen LogP contribution in [0.5, 0.6) is 0 Å². The normalized spacial score (nSPS) is 10.9. The van der Waals surface area contributed by atoms with Crippen molar-refractivity contribution in [3.8, 4) is 22.4 Å². The van der Waals surface area contributed by atoms with E-state index in [2.05, 4.69) is 4.98 Å². The van der Waals surface area contributed by atoms with Gasteiger partial charge in [0.15, 0.2) is 6.73 Å². The van der Waals surface area contributed by atoms with Crippen LogP contribution in [0.15, 0.2) is 58.1 Å². The Kier molecular flexibility index (Phi) is 5.08. The summed E-state index contributed by atoms with van der Waals surface area (Å²) in [6.07, 6.45) is 3.23. The molecule has 3 aromatic rings. The maximum Gasteiger partial charge on any atom is 0.366 e. The molecule has 2 aromatic heterocycles. The van der Waals surface area contributed by atoms with Gasteiger partial charge < -0.3 is 9.26 Å². The van der Waals surface area contributed by atoms with Crippen molar-refractivity contribution in [1.29, 1.82) is 0 Å². The number of pyridine rings is 1. The molecular formula is C17H14ClFN2O3. The Balaban J connectivity index is 2.13. The van der Waals surface area contributed by atoms with Gasteiger partial charge in [0.25, 0.3) is 0 Å². The standard InChI is InChI=1S/C17H14ClFN2O3/c18-7-10-23-11-21-16(13-5-8-20-9-6-13)15(17(22)24-21)12-1-3-14(19)4-2-12/h1-6,8-9H,7,10-11H2. The molecule has 0 atom stereocenters. The Morgan fingerprint density at radius 3 is 2.50 bits per heavy atom. The summed E-state index contributed by atoms with van der Waals surface area (Å²) in [5, 5.41) is 0. The molecule has 0 spiro atoms. The van der Waals surface area contributed by atoms with Crippen molar-refractivity contribution in [2.75, 3.05) is 12.5 Å². The Morgan fingerprint density at radius 2 is 1.83 bits per heavy atom. The Bertz CT molecular complexity index is 860. The second-order valence-corrected chi connectivity index (χ2v) is 5.33. The Labute approximate surface area is 142 Å². The van der Waals surface area contributed by atoms with E-state index < -0.39 is 5.63 Å².